The van der Waals surface area contributed by atoms with E-state index < -0.39 is 11.5 Å². The Balaban J connectivity index is 3.97. The summed E-state index contributed by atoms with van der Waals surface area (Å²) in [5, 5.41) is 11.7. The average Bonchev–Trinajstić information content (AvgIpc) is 2.16. The Kier molecular flexibility index (Phi) is 5.15. The molecule has 82 valence electrons. The van der Waals surface area contributed by atoms with Gasteiger partial charge in [-0.25, -0.2) is 0 Å². The maximum Gasteiger partial charge on any atom is 0.323 e. The number of nitrogens with one attached hydrogen (secondary N) is 1. The zero-order chi connectivity index (χ0) is 11.2. The monoisotopic (exact) mass is 203 g/mol. The van der Waals surface area contributed by atoms with Gasteiger partial charge in [-0.3, -0.25) is 9.59 Å². The predicted octanol–water partition coefficient (Wildman–Crippen LogP) is 0.392. The van der Waals surface area contributed by atoms with E-state index in [-0.39, 0.29) is 12.4 Å². The summed E-state index contributed by atoms with van der Waals surface area (Å²) in [5.74, 6) is -1.26. The van der Waals surface area contributed by atoms with E-state index in [0.717, 1.165) is 0 Å². The molecule has 0 aliphatic carbocycles. The van der Waals surface area contributed by atoms with Crippen molar-refractivity contribution in [3.63, 3.8) is 0 Å². The van der Waals surface area contributed by atoms with Crippen molar-refractivity contribution in [2.24, 2.45) is 0 Å². The van der Waals surface area contributed by atoms with Crippen LogP contribution in [0.1, 0.15) is 26.7 Å². The van der Waals surface area contributed by atoms with Gasteiger partial charge in [-0.15, -0.1) is 0 Å². The number of carbonyl (C=O) groups excluding carboxylic acids is 1. The lowest BCUT2D eigenvalue weighted by atomic mass is 9.99. The summed E-state index contributed by atoms with van der Waals surface area (Å²) < 4.78 is 4.43. The molecule has 0 saturated carbocycles. The van der Waals surface area contributed by atoms with Gasteiger partial charge in [-0.05, 0) is 13.3 Å². The molecule has 0 aromatic carbocycles. The summed E-state index contributed by atoms with van der Waals surface area (Å²) in [6, 6.07) is 0. The topological polar surface area (TPSA) is 75.6 Å². The number of carboxylic acid groups (broad SMARTS) is 1. The van der Waals surface area contributed by atoms with E-state index in [1.807, 2.05) is 0 Å². The second-order valence-corrected chi connectivity index (χ2v) is 3.24. The van der Waals surface area contributed by atoms with Gasteiger partial charge in [0.25, 0.3) is 0 Å². The van der Waals surface area contributed by atoms with Crippen molar-refractivity contribution < 1.29 is 19.4 Å². The Morgan fingerprint density at radius 3 is 2.43 bits per heavy atom. The SMILES string of the molecule is CCC(C)(NCCC(=O)OC)C(=O)O. The largest absolute Gasteiger partial charge is 0.480 e. The lowest BCUT2D eigenvalue weighted by Crippen LogP contribution is -2.49. The molecule has 0 saturated heterocycles. The zero-order valence-electron chi connectivity index (χ0n) is 8.79. The van der Waals surface area contributed by atoms with E-state index in [9.17, 15) is 9.59 Å². The van der Waals surface area contributed by atoms with Gasteiger partial charge in [0, 0.05) is 6.54 Å². The lowest BCUT2D eigenvalue weighted by molar-refractivity contribution is -0.145. The molecule has 0 amide bonds. The first-order valence-corrected chi connectivity index (χ1v) is 4.51. The highest BCUT2D eigenvalue weighted by Crippen LogP contribution is 2.08. The van der Waals surface area contributed by atoms with Gasteiger partial charge in [0.2, 0.25) is 0 Å². The van der Waals surface area contributed by atoms with Crippen LogP contribution in [0.4, 0.5) is 0 Å². The molecule has 0 fully saturated rings. The molecule has 0 bridgehead atoms. The lowest BCUT2D eigenvalue weighted by Gasteiger charge is -2.24. The van der Waals surface area contributed by atoms with Gasteiger partial charge < -0.3 is 15.2 Å². The third-order valence-electron chi connectivity index (χ3n) is 2.25. The third-order valence-corrected chi connectivity index (χ3v) is 2.25. The van der Waals surface area contributed by atoms with Crippen molar-refractivity contribution in [2.45, 2.75) is 32.2 Å². The van der Waals surface area contributed by atoms with Crippen LogP contribution >= 0.6 is 0 Å². The van der Waals surface area contributed by atoms with E-state index in [2.05, 4.69) is 10.1 Å². The summed E-state index contributed by atoms with van der Waals surface area (Å²) >= 11 is 0. The first-order valence-electron chi connectivity index (χ1n) is 4.51. The van der Waals surface area contributed by atoms with Crippen LogP contribution in [0.2, 0.25) is 0 Å². The van der Waals surface area contributed by atoms with Crippen LogP contribution in [0, 0.1) is 0 Å². The van der Waals surface area contributed by atoms with Crippen molar-refractivity contribution in [1.29, 1.82) is 0 Å². The van der Waals surface area contributed by atoms with E-state index >= 15 is 0 Å². The standard InChI is InChI=1S/C9H17NO4/c1-4-9(2,8(12)13)10-6-5-7(11)14-3/h10H,4-6H2,1-3H3,(H,12,13). The molecular weight excluding hydrogens is 186 g/mol. The van der Waals surface area contributed by atoms with E-state index in [4.69, 9.17) is 5.11 Å². The highest BCUT2D eigenvalue weighted by molar-refractivity contribution is 5.78. The molecule has 5 nitrogen and oxygen atoms in total. The number of hydrogen-bond acceptors (Lipinski definition) is 4. The molecular formula is C9H17NO4. The molecule has 0 aliphatic heterocycles. The van der Waals surface area contributed by atoms with Crippen LogP contribution in [-0.4, -0.2) is 36.2 Å². The van der Waals surface area contributed by atoms with Gasteiger partial charge in [0.05, 0.1) is 13.5 Å². The van der Waals surface area contributed by atoms with Gasteiger partial charge in [0.15, 0.2) is 0 Å². The number of carbonyl (C=O) groups is 2. The summed E-state index contributed by atoms with van der Waals surface area (Å²) in [4.78, 5) is 21.6. The Hall–Kier alpha value is -1.10. The minimum absolute atomic E-state index is 0.180. The highest BCUT2D eigenvalue weighted by atomic mass is 16.5. The molecule has 1 unspecified atom stereocenters. The Bertz CT molecular complexity index is 217. The normalized spacial score (nSPS) is 14.5. The summed E-state index contributed by atoms with van der Waals surface area (Å²) in [6.07, 6.45) is 0.642. The molecule has 0 aliphatic rings. The second kappa shape index (κ2) is 5.59. The fraction of sp³-hybridized carbons (Fsp3) is 0.778. The number of aliphatic carboxylic acids is 1. The first kappa shape index (κ1) is 12.9. The molecule has 5 heteroatoms. The Morgan fingerprint density at radius 1 is 1.50 bits per heavy atom. The number of ether oxygens (including phenoxy) is 1. The Labute approximate surface area is 83.4 Å². The van der Waals surface area contributed by atoms with Crippen molar-refractivity contribution in [3.05, 3.63) is 0 Å². The van der Waals surface area contributed by atoms with Gasteiger partial charge in [0.1, 0.15) is 5.54 Å². The fourth-order valence-electron chi connectivity index (χ4n) is 0.894. The number of rotatable bonds is 6. The van der Waals surface area contributed by atoms with Crippen molar-refractivity contribution in [2.75, 3.05) is 13.7 Å². The molecule has 0 spiro atoms. The van der Waals surface area contributed by atoms with Crippen LogP contribution in [0.15, 0.2) is 0 Å². The second-order valence-electron chi connectivity index (χ2n) is 3.24. The molecule has 0 aromatic rings. The maximum absolute atomic E-state index is 10.8. The predicted molar refractivity (Wildman–Crippen MR) is 51.0 cm³/mol. The molecule has 14 heavy (non-hydrogen) atoms. The minimum Gasteiger partial charge on any atom is -0.480 e. The van der Waals surface area contributed by atoms with E-state index in [1.165, 1.54) is 7.11 Å². The first-order chi connectivity index (χ1) is 6.46. The van der Waals surface area contributed by atoms with Crippen molar-refractivity contribution in [1.82, 2.24) is 5.32 Å². The van der Waals surface area contributed by atoms with Crippen molar-refractivity contribution >= 4 is 11.9 Å². The number of hydrogen-bond donors (Lipinski definition) is 2. The summed E-state index contributed by atoms with van der Waals surface area (Å²) in [6.45, 7) is 3.68. The minimum atomic E-state index is -0.964. The van der Waals surface area contributed by atoms with Crippen LogP contribution in [0.5, 0.6) is 0 Å². The number of methoxy groups -OCH3 is 1. The van der Waals surface area contributed by atoms with Crippen LogP contribution in [-0.2, 0) is 14.3 Å². The third kappa shape index (κ3) is 3.74. The molecule has 1 atom stereocenters. The summed E-state index contributed by atoms with van der Waals surface area (Å²) in [7, 11) is 1.30. The maximum atomic E-state index is 10.8. The van der Waals surface area contributed by atoms with Gasteiger partial charge in [-0.1, -0.05) is 6.92 Å². The number of esters is 1. The molecule has 0 aromatic heterocycles. The zero-order valence-corrected chi connectivity index (χ0v) is 8.79. The van der Waals surface area contributed by atoms with Crippen LogP contribution < -0.4 is 5.32 Å². The fourth-order valence-corrected chi connectivity index (χ4v) is 0.894. The van der Waals surface area contributed by atoms with Gasteiger partial charge in [-0.2, -0.15) is 0 Å². The Morgan fingerprint density at radius 2 is 2.07 bits per heavy atom. The molecule has 0 rings (SSSR count). The molecule has 2 N–H and O–H groups in total. The molecule has 0 heterocycles. The van der Waals surface area contributed by atoms with Gasteiger partial charge >= 0.3 is 11.9 Å². The highest BCUT2D eigenvalue weighted by Gasteiger charge is 2.29. The average molecular weight is 203 g/mol. The number of carboxylic acids is 1. The smallest absolute Gasteiger partial charge is 0.323 e. The summed E-state index contributed by atoms with van der Waals surface area (Å²) in [5.41, 5.74) is -0.964. The van der Waals surface area contributed by atoms with E-state index in [0.29, 0.717) is 13.0 Å². The molecule has 0 radical (unpaired) electrons. The van der Waals surface area contributed by atoms with Crippen LogP contribution in [0.25, 0.3) is 0 Å². The van der Waals surface area contributed by atoms with E-state index in [1.54, 1.807) is 13.8 Å². The van der Waals surface area contributed by atoms with Crippen molar-refractivity contribution in [3.8, 4) is 0 Å². The van der Waals surface area contributed by atoms with Crippen LogP contribution in [0.3, 0.4) is 0 Å². The quantitative estimate of drug-likeness (QED) is 0.611.